The number of rotatable bonds is 8. The van der Waals surface area contributed by atoms with Crippen LogP contribution in [-0.2, 0) is 31.4 Å². The van der Waals surface area contributed by atoms with Gasteiger partial charge in [-0.15, -0.1) is 0 Å². The van der Waals surface area contributed by atoms with E-state index in [9.17, 15) is 14.4 Å². The van der Waals surface area contributed by atoms with Crippen LogP contribution in [0.2, 0.25) is 0 Å². The highest BCUT2D eigenvalue weighted by molar-refractivity contribution is 5.77. The molecule has 0 aliphatic carbocycles. The molecule has 0 saturated carbocycles. The number of H-pyrrole nitrogens is 1. The van der Waals surface area contributed by atoms with Crippen LogP contribution < -0.4 is 16.0 Å². The largest absolute Gasteiger partial charge is 0.486 e. The van der Waals surface area contributed by atoms with Crippen molar-refractivity contribution >= 4 is 16.9 Å². The first kappa shape index (κ1) is 25.5. The summed E-state index contributed by atoms with van der Waals surface area (Å²) < 4.78 is 9.33. The van der Waals surface area contributed by atoms with Crippen LogP contribution >= 0.6 is 0 Å². The lowest BCUT2D eigenvalue weighted by Crippen LogP contribution is -2.40. The molecular weight excluding hydrogens is 482 g/mol. The van der Waals surface area contributed by atoms with Crippen molar-refractivity contribution < 1.29 is 9.53 Å². The Morgan fingerprint density at radius 3 is 2.53 bits per heavy atom. The Morgan fingerprint density at radius 2 is 1.76 bits per heavy atom. The minimum absolute atomic E-state index is 0.0427. The van der Waals surface area contributed by atoms with Crippen LogP contribution in [0.4, 0.5) is 0 Å². The summed E-state index contributed by atoms with van der Waals surface area (Å²) in [5.74, 6) is 2.17. The lowest BCUT2D eigenvalue weighted by atomic mass is 9.96. The van der Waals surface area contributed by atoms with E-state index in [1.807, 2.05) is 53.4 Å². The molecule has 1 fully saturated rings. The Morgan fingerprint density at radius 1 is 1.05 bits per heavy atom. The monoisotopic (exact) mass is 515 g/mol. The van der Waals surface area contributed by atoms with Gasteiger partial charge in [0.2, 0.25) is 5.91 Å². The number of fused-ring (bicyclic) bond motifs is 1. The molecule has 0 atom stereocenters. The van der Waals surface area contributed by atoms with Gasteiger partial charge in [-0.05, 0) is 56.4 Å². The molecular formula is C29H33N5O4. The van der Waals surface area contributed by atoms with Gasteiger partial charge in [0, 0.05) is 44.4 Å². The number of nitrogens with zero attached hydrogens (tertiary/aromatic N) is 4. The molecule has 0 unspecified atom stereocenters. The number of piperidine rings is 1. The lowest BCUT2D eigenvalue weighted by Gasteiger charge is -2.32. The molecule has 1 saturated heterocycles. The number of hydrogen-bond donors (Lipinski definition) is 1. The third-order valence-electron chi connectivity index (χ3n) is 7.46. The minimum atomic E-state index is -0.440. The van der Waals surface area contributed by atoms with E-state index in [1.54, 1.807) is 6.92 Å². The normalized spacial score (nSPS) is 14.2. The lowest BCUT2D eigenvalue weighted by molar-refractivity contribution is -0.132. The van der Waals surface area contributed by atoms with E-state index in [2.05, 4.69) is 15.6 Å². The van der Waals surface area contributed by atoms with Crippen molar-refractivity contribution in [1.29, 1.82) is 0 Å². The Labute approximate surface area is 220 Å². The molecule has 4 aromatic rings. The third kappa shape index (κ3) is 5.41. The molecule has 2 aromatic carbocycles. The fourth-order valence-electron chi connectivity index (χ4n) is 5.19. The highest BCUT2D eigenvalue weighted by Crippen LogP contribution is 2.25. The molecule has 1 aliphatic heterocycles. The van der Waals surface area contributed by atoms with E-state index in [4.69, 9.17) is 9.72 Å². The number of aromatic amines is 1. The molecule has 1 amide bonds. The number of aromatic nitrogens is 4. The summed E-state index contributed by atoms with van der Waals surface area (Å²) in [6.45, 7) is 4.29. The molecule has 9 heteroatoms. The highest BCUT2D eigenvalue weighted by Gasteiger charge is 2.25. The summed E-state index contributed by atoms with van der Waals surface area (Å²) in [4.78, 5) is 46.5. The van der Waals surface area contributed by atoms with Gasteiger partial charge in [-0.2, -0.15) is 0 Å². The molecule has 0 radical (unpaired) electrons. The van der Waals surface area contributed by atoms with Crippen LogP contribution in [-0.4, -0.2) is 43.0 Å². The second-order valence-corrected chi connectivity index (χ2v) is 9.95. The van der Waals surface area contributed by atoms with Gasteiger partial charge in [0.25, 0.3) is 5.56 Å². The summed E-state index contributed by atoms with van der Waals surface area (Å²) in [6.07, 6.45) is 2.37. The maximum absolute atomic E-state index is 12.9. The molecule has 9 nitrogen and oxygen atoms in total. The SMILES string of the molecule is Cc1[nH]c(=O)n(C)c(=O)c1CCC(=O)N1CCC(Cn2c(COc3ccccc3)nc3ccccc32)CC1. The number of imidazole rings is 1. The Balaban J connectivity index is 1.21. The van der Waals surface area contributed by atoms with Crippen molar-refractivity contribution in [3.8, 4) is 5.75 Å². The number of amides is 1. The van der Waals surface area contributed by atoms with Crippen LogP contribution in [0.25, 0.3) is 11.0 Å². The van der Waals surface area contributed by atoms with Crippen LogP contribution in [0.1, 0.15) is 36.3 Å². The first-order chi connectivity index (χ1) is 18.4. The maximum Gasteiger partial charge on any atom is 0.328 e. The predicted octanol–water partition coefficient (Wildman–Crippen LogP) is 3.18. The Kier molecular flexibility index (Phi) is 7.44. The van der Waals surface area contributed by atoms with Crippen molar-refractivity contribution in [3.05, 3.63) is 92.5 Å². The highest BCUT2D eigenvalue weighted by atomic mass is 16.5. The first-order valence-electron chi connectivity index (χ1n) is 13.1. The van der Waals surface area contributed by atoms with Crippen molar-refractivity contribution in [2.24, 2.45) is 13.0 Å². The van der Waals surface area contributed by atoms with Crippen LogP contribution in [0.3, 0.4) is 0 Å². The van der Waals surface area contributed by atoms with Gasteiger partial charge in [-0.3, -0.25) is 14.2 Å². The van der Waals surface area contributed by atoms with Gasteiger partial charge in [0.1, 0.15) is 18.2 Å². The smallest absolute Gasteiger partial charge is 0.328 e. The summed E-state index contributed by atoms with van der Waals surface area (Å²) >= 11 is 0. The van der Waals surface area contributed by atoms with E-state index >= 15 is 0 Å². The van der Waals surface area contributed by atoms with Gasteiger partial charge in [0.05, 0.1) is 11.0 Å². The number of hydrogen-bond acceptors (Lipinski definition) is 5. The number of carbonyl (C=O) groups excluding carboxylic acids is 1. The number of aryl methyl sites for hydroxylation is 1. The zero-order valence-electron chi connectivity index (χ0n) is 21.9. The Bertz CT molecular complexity index is 1540. The van der Waals surface area contributed by atoms with E-state index < -0.39 is 5.69 Å². The van der Waals surface area contributed by atoms with Crippen molar-refractivity contribution in [1.82, 2.24) is 24.0 Å². The molecule has 0 spiro atoms. The number of carbonyl (C=O) groups is 1. The molecule has 3 heterocycles. The molecule has 5 rings (SSSR count). The second kappa shape index (κ2) is 11.1. The number of benzene rings is 2. The van der Waals surface area contributed by atoms with Crippen LogP contribution in [0.5, 0.6) is 5.75 Å². The fraction of sp³-hybridized carbons (Fsp3) is 0.379. The molecule has 1 aliphatic rings. The number of ether oxygens (including phenoxy) is 1. The summed E-state index contributed by atoms with van der Waals surface area (Å²) in [7, 11) is 1.44. The van der Waals surface area contributed by atoms with Gasteiger partial charge in [-0.25, -0.2) is 9.78 Å². The van der Waals surface area contributed by atoms with E-state index in [0.717, 1.165) is 46.6 Å². The van der Waals surface area contributed by atoms with Gasteiger partial charge < -0.3 is 19.2 Å². The number of nitrogens with one attached hydrogen (secondary N) is 1. The van der Waals surface area contributed by atoms with Crippen molar-refractivity contribution in [2.75, 3.05) is 13.1 Å². The first-order valence-corrected chi connectivity index (χ1v) is 13.1. The quantitative estimate of drug-likeness (QED) is 0.388. The molecule has 1 N–H and O–H groups in total. The molecule has 0 bridgehead atoms. The standard InChI is InChI=1S/C29H33N5O4/c1-20-23(28(36)32(2)29(37)30-20)12-13-27(35)33-16-14-21(15-17-33)18-34-25-11-7-6-10-24(25)31-26(34)19-38-22-8-4-3-5-9-22/h3-11,21H,12-19H2,1-2H3,(H,30,37). The summed E-state index contributed by atoms with van der Waals surface area (Å²) in [5, 5.41) is 0. The van der Waals surface area contributed by atoms with E-state index in [0.29, 0.717) is 43.3 Å². The van der Waals surface area contributed by atoms with E-state index in [-0.39, 0.29) is 17.9 Å². The van der Waals surface area contributed by atoms with Crippen molar-refractivity contribution in [2.45, 2.75) is 45.8 Å². The van der Waals surface area contributed by atoms with Gasteiger partial charge >= 0.3 is 5.69 Å². The Hall–Kier alpha value is -4.14. The number of likely N-dealkylation sites (tertiary alicyclic amines) is 1. The molecule has 2 aromatic heterocycles. The predicted molar refractivity (Wildman–Crippen MR) is 145 cm³/mol. The van der Waals surface area contributed by atoms with Gasteiger partial charge in [0.15, 0.2) is 0 Å². The van der Waals surface area contributed by atoms with Gasteiger partial charge in [-0.1, -0.05) is 30.3 Å². The average Bonchev–Trinajstić information content (AvgIpc) is 3.28. The zero-order chi connectivity index (χ0) is 26.6. The van der Waals surface area contributed by atoms with E-state index in [1.165, 1.54) is 7.05 Å². The summed E-state index contributed by atoms with van der Waals surface area (Å²) in [6, 6.07) is 17.9. The van der Waals surface area contributed by atoms with Crippen LogP contribution in [0.15, 0.2) is 64.2 Å². The summed E-state index contributed by atoms with van der Waals surface area (Å²) in [5.41, 5.74) is 2.30. The molecule has 198 valence electrons. The topological polar surface area (TPSA) is 102 Å². The maximum atomic E-state index is 12.9. The molecule has 38 heavy (non-hydrogen) atoms. The fourth-order valence-corrected chi connectivity index (χ4v) is 5.19. The number of para-hydroxylation sites is 3. The minimum Gasteiger partial charge on any atom is -0.486 e. The van der Waals surface area contributed by atoms with Crippen LogP contribution in [0, 0.1) is 12.8 Å². The third-order valence-corrected chi connectivity index (χ3v) is 7.46. The van der Waals surface area contributed by atoms with Crippen molar-refractivity contribution in [3.63, 3.8) is 0 Å². The second-order valence-electron chi connectivity index (χ2n) is 9.95. The zero-order valence-corrected chi connectivity index (χ0v) is 21.9. The average molecular weight is 516 g/mol.